The minimum atomic E-state index is -4.40. The van der Waals surface area contributed by atoms with E-state index in [1.165, 1.54) is 28.5 Å². The number of fused-ring (bicyclic) bond motifs is 1. The van der Waals surface area contributed by atoms with E-state index in [0.717, 1.165) is 0 Å². The van der Waals surface area contributed by atoms with Crippen molar-refractivity contribution in [3.63, 3.8) is 0 Å². The zero-order valence-corrected chi connectivity index (χ0v) is 13.3. The van der Waals surface area contributed by atoms with E-state index in [4.69, 9.17) is 11.6 Å². The normalized spacial score (nSPS) is 11.9. The summed E-state index contributed by atoms with van der Waals surface area (Å²) < 4.78 is 51.4. The van der Waals surface area contributed by atoms with E-state index in [1.54, 1.807) is 6.07 Å². The van der Waals surface area contributed by atoms with Crippen LogP contribution in [0.25, 0.3) is 22.3 Å². The highest BCUT2D eigenvalue weighted by Crippen LogP contribution is 2.32. The van der Waals surface area contributed by atoms with Gasteiger partial charge < -0.3 is 5.32 Å². The molecule has 0 radical (unpaired) electrons. The Labute approximate surface area is 142 Å². The third kappa shape index (κ3) is 3.54. The number of nitrogens with zero attached hydrogens (tertiary/aromatic N) is 4. The molecule has 24 heavy (non-hydrogen) atoms. The van der Waals surface area contributed by atoms with Gasteiger partial charge in [-0.3, -0.25) is 3.97 Å². The first kappa shape index (κ1) is 16.8. The van der Waals surface area contributed by atoms with Crippen LogP contribution in [0.5, 0.6) is 0 Å². The smallest absolute Gasteiger partial charge is 0.345 e. The lowest BCUT2D eigenvalue weighted by atomic mass is 10.3. The van der Waals surface area contributed by atoms with Crippen LogP contribution >= 0.6 is 23.9 Å². The Morgan fingerprint density at radius 2 is 2.04 bits per heavy atom. The summed E-state index contributed by atoms with van der Waals surface area (Å²) in [5.74, 6) is -0.207. The number of halogens is 5. The van der Waals surface area contributed by atoms with E-state index in [9.17, 15) is 17.1 Å². The number of rotatable bonds is 4. The van der Waals surface area contributed by atoms with E-state index in [0.29, 0.717) is 16.6 Å². The first-order valence-electron chi connectivity index (χ1n) is 6.47. The number of nitrogens with one attached hydrogen (secondary N) is 1. The Bertz CT molecular complexity index is 882. The third-order valence-corrected chi connectivity index (χ3v) is 3.78. The highest BCUT2D eigenvalue weighted by Gasteiger charge is 2.27. The van der Waals surface area contributed by atoms with Gasteiger partial charge in [0.05, 0.1) is 16.9 Å². The minimum Gasteiger partial charge on any atom is -0.345 e. The van der Waals surface area contributed by atoms with Crippen LogP contribution in [0.2, 0.25) is 5.15 Å². The minimum absolute atomic E-state index is 0.0720. The molecule has 11 heteroatoms. The molecule has 3 rings (SSSR count). The first-order valence-corrected chi connectivity index (χ1v) is 7.53. The second kappa shape index (κ2) is 6.44. The van der Waals surface area contributed by atoms with Crippen LogP contribution in [0, 0.1) is 0 Å². The summed E-state index contributed by atoms with van der Waals surface area (Å²) in [6.07, 6.45) is -1.64. The van der Waals surface area contributed by atoms with Gasteiger partial charge in [-0.15, -0.1) is 3.89 Å². The van der Waals surface area contributed by atoms with Crippen LogP contribution in [-0.4, -0.2) is 31.6 Å². The van der Waals surface area contributed by atoms with Crippen molar-refractivity contribution < 1.29 is 17.1 Å². The van der Waals surface area contributed by atoms with Crippen LogP contribution in [0.4, 0.5) is 23.0 Å². The van der Waals surface area contributed by atoms with Gasteiger partial charge in [-0.05, 0) is 12.1 Å². The van der Waals surface area contributed by atoms with Crippen molar-refractivity contribution in [2.45, 2.75) is 6.18 Å². The SMILES string of the molecule is FSn1c(-c2ccnc(NCC(F)(F)F)n2)cc2cnc(Cl)cc21. The summed E-state index contributed by atoms with van der Waals surface area (Å²) >= 11 is 5.74. The van der Waals surface area contributed by atoms with Gasteiger partial charge in [0, 0.05) is 23.8 Å². The van der Waals surface area contributed by atoms with E-state index < -0.39 is 12.7 Å². The second-order valence-electron chi connectivity index (χ2n) is 4.69. The Morgan fingerprint density at radius 3 is 2.75 bits per heavy atom. The van der Waals surface area contributed by atoms with Crippen molar-refractivity contribution in [1.82, 2.24) is 18.9 Å². The standard InChI is InChI=1S/C13H8ClF4N5S/c14-11-4-9-7(5-20-11)3-10(23(9)24-18)8-1-2-19-12(22-8)21-6-13(15,16)17/h1-5H,6H2,(H,19,21,22). The number of hydrogen-bond acceptors (Lipinski definition) is 5. The molecule has 0 bridgehead atoms. The fourth-order valence-electron chi connectivity index (χ4n) is 2.07. The lowest BCUT2D eigenvalue weighted by Crippen LogP contribution is -2.22. The molecule has 3 aromatic rings. The first-order chi connectivity index (χ1) is 11.4. The molecule has 126 valence electrons. The van der Waals surface area contributed by atoms with Crippen molar-refractivity contribution in [1.29, 1.82) is 0 Å². The number of pyridine rings is 1. The Morgan fingerprint density at radius 1 is 1.25 bits per heavy atom. The zero-order chi connectivity index (χ0) is 17.3. The molecule has 0 atom stereocenters. The number of alkyl halides is 3. The molecule has 0 amide bonds. The molecule has 0 fully saturated rings. The quantitative estimate of drug-likeness (QED) is 0.536. The molecule has 0 aliphatic heterocycles. The Balaban J connectivity index is 2.01. The maximum atomic E-state index is 13.4. The summed E-state index contributed by atoms with van der Waals surface area (Å²) in [4.78, 5) is 11.6. The van der Waals surface area contributed by atoms with E-state index >= 15 is 0 Å². The predicted molar refractivity (Wildman–Crippen MR) is 84.4 cm³/mol. The molecule has 0 saturated heterocycles. The fraction of sp³-hybridized carbons (Fsp3) is 0.154. The van der Waals surface area contributed by atoms with Crippen molar-refractivity contribution in [3.8, 4) is 11.4 Å². The van der Waals surface area contributed by atoms with Gasteiger partial charge in [-0.2, -0.15) is 13.2 Å². The van der Waals surface area contributed by atoms with Gasteiger partial charge in [0.1, 0.15) is 11.7 Å². The molecular formula is C13H8ClF4N5S. The largest absolute Gasteiger partial charge is 0.405 e. The van der Waals surface area contributed by atoms with Crippen LogP contribution in [0.1, 0.15) is 0 Å². The Kier molecular flexibility index (Phi) is 4.50. The lowest BCUT2D eigenvalue weighted by Gasteiger charge is -2.09. The molecule has 0 aliphatic rings. The monoisotopic (exact) mass is 377 g/mol. The molecule has 5 nitrogen and oxygen atoms in total. The number of hydrogen-bond donors (Lipinski definition) is 1. The van der Waals surface area contributed by atoms with Crippen LogP contribution in [-0.2, 0) is 0 Å². The third-order valence-electron chi connectivity index (χ3n) is 3.04. The second-order valence-corrected chi connectivity index (χ2v) is 5.58. The highest BCUT2D eigenvalue weighted by molar-refractivity contribution is 7.93. The topological polar surface area (TPSA) is 55.6 Å². The summed E-state index contributed by atoms with van der Waals surface area (Å²) in [6.45, 7) is -1.27. The molecule has 0 unspecified atom stereocenters. The Hall–Kier alpha value is -2.07. The molecule has 0 saturated carbocycles. The fourth-order valence-corrected chi connectivity index (χ4v) is 2.68. The van der Waals surface area contributed by atoms with E-state index in [2.05, 4.69) is 20.3 Å². The molecule has 0 aromatic carbocycles. The predicted octanol–water partition coefficient (Wildman–Crippen LogP) is 4.50. The van der Waals surface area contributed by atoms with Crippen LogP contribution < -0.4 is 5.32 Å². The van der Waals surface area contributed by atoms with Crippen molar-refractivity contribution in [2.24, 2.45) is 0 Å². The van der Waals surface area contributed by atoms with Gasteiger partial charge in [0.2, 0.25) is 5.95 Å². The molecule has 3 heterocycles. The number of aromatic nitrogens is 4. The summed E-state index contributed by atoms with van der Waals surface area (Å²) in [5.41, 5.74) is 1.08. The van der Waals surface area contributed by atoms with Crippen LogP contribution in [0.15, 0.2) is 30.6 Å². The van der Waals surface area contributed by atoms with Gasteiger partial charge >= 0.3 is 6.18 Å². The van der Waals surface area contributed by atoms with Gasteiger partial charge in [-0.1, -0.05) is 11.6 Å². The lowest BCUT2D eigenvalue weighted by molar-refractivity contribution is -0.115. The molecule has 1 N–H and O–H groups in total. The van der Waals surface area contributed by atoms with E-state index in [1.807, 2.05) is 0 Å². The average molecular weight is 378 g/mol. The van der Waals surface area contributed by atoms with Crippen molar-refractivity contribution >= 4 is 40.8 Å². The summed E-state index contributed by atoms with van der Waals surface area (Å²) in [6, 6.07) is 4.56. The van der Waals surface area contributed by atoms with E-state index in [-0.39, 0.29) is 29.1 Å². The van der Waals surface area contributed by atoms with Gasteiger partial charge in [0.15, 0.2) is 12.3 Å². The van der Waals surface area contributed by atoms with Crippen molar-refractivity contribution in [3.05, 3.63) is 35.7 Å². The zero-order valence-electron chi connectivity index (χ0n) is 11.7. The average Bonchev–Trinajstić information content (AvgIpc) is 2.90. The van der Waals surface area contributed by atoms with Gasteiger partial charge in [0.25, 0.3) is 0 Å². The van der Waals surface area contributed by atoms with Gasteiger partial charge in [-0.25, -0.2) is 15.0 Å². The maximum Gasteiger partial charge on any atom is 0.405 e. The van der Waals surface area contributed by atoms with Crippen LogP contribution in [0.3, 0.4) is 0 Å². The highest BCUT2D eigenvalue weighted by atomic mass is 35.5. The molecular weight excluding hydrogens is 370 g/mol. The summed E-state index contributed by atoms with van der Waals surface area (Å²) in [7, 11) is 0. The molecule has 3 aromatic heterocycles. The maximum absolute atomic E-state index is 13.4. The van der Waals surface area contributed by atoms with Crippen molar-refractivity contribution in [2.75, 3.05) is 11.9 Å². The summed E-state index contributed by atoms with van der Waals surface area (Å²) in [5, 5.41) is 2.89. The molecule has 0 aliphatic carbocycles. The number of anilines is 1. The molecule has 0 spiro atoms.